The summed E-state index contributed by atoms with van der Waals surface area (Å²) < 4.78 is 4.38. The smallest absolute Gasteiger partial charge is 0.393 e. The summed E-state index contributed by atoms with van der Waals surface area (Å²) in [6, 6.07) is 7.27. The molecule has 2 bridgehead atoms. The average Bonchev–Trinajstić information content (AvgIpc) is 3.24. The van der Waals surface area contributed by atoms with Gasteiger partial charge in [0.1, 0.15) is 11.5 Å². The van der Waals surface area contributed by atoms with Crippen LogP contribution in [0.25, 0.3) is 0 Å². The third kappa shape index (κ3) is 2.90. The van der Waals surface area contributed by atoms with Crippen molar-refractivity contribution < 1.29 is 38.4 Å². The van der Waals surface area contributed by atoms with Crippen LogP contribution in [-0.2, 0) is 28.8 Å². The summed E-state index contributed by atoms with van der Waals surface area (Å²) in [4.78, 5) is 62.4. The number of carbonyl (C=O) groups is 5. The summed E-state index contributed by atoms with van der Waals surface area (Å²) in [7, 11) is 0. The van der Waals surface area contributed by atoms with Crippen LogP contribution >= 0.6 is 11.8 Å². The van der Waals surface area contributed by atoms with Crippen molar-refractivity contribution in [3.05, 3.63) is 47.2 Å². The molecule has 1 aromatic rings. The van der Waals surface area contributed by atoms with Crippen molar-refractivity contribution in [2.24, 2.45) is 0 Å². The largest absolute Gasteiger partial charge is 0.474 e. The molecular weight excluding hydrogens is 466 g/mol. The summed E-state index contributed by atoms with van der Waals surface area (Å²) in [5, 5.41) is 19.3. The van der Waals surface area contributed by atoms with Gasteiger partial charge in [0, 0.05) is 13.5 Å². The number of carbonyl (C=O) groups excluding carboxylic acids is 4. The van der Waals surface area contributed by atoms with Crippen LogP contribution in [0.1, 0.15) is 12.5 Å². The van der Waals surface area contributed by atoms with Gasteiger partial charge in [-0.2, -0.15) is 5.01 Å². The van der Waals surface area contributed by atoms with Gasteiger partial charge in [0.25, 0.3) is 5.70 Å². The lowest BCUT2D eigenvalue weighted by molar-refractivity contribution is -0.953. The van der Waals surface area contributed by atoms with E-state index >= 15 is 0 Å². The zero-order valence-electron chi connectivity index (χ0n) is 18.1. The Balaban J connectivity index is 1.84. The summed E-state index contributed by atoms with van der Waals surface area (Å²) in [5.74, 6) is -3.15. The van der Waals surface area contributed by atoms with Gasteiger partial charge in [-0.1, -0.05) is 46.7 Å². The van der Waals surface area contributed by atoms with E-state index in [9.17, 15) is 29.1 Å². The molecule has 4 atom stereocenters. The highest BCUT2D eigenvalue weighted by Crippen LogP contribution is 2.59. The molecule has 3 saturated heterocycles. The van der Waals surface area contributed by atoms with Gasteiger partial charge in [0.05, 0.1) is 18.7 Å². The van der Waals surface area contributed by atoms with E-state index < -0.39 is 57.3 Å². The van der Waals surface area contributed by atoms with Crippen LogP contribution in [0, 0.1) is 0 Å². The number of esters is 1. The molecule has 0 saturated carbocycles. The van der Waals surface area contributed by atoms with Gasteiger partial charge in [-0.3, -0.25) is 14.9 Å². The SMILES string of the molecule is CC(=O)OCC1=C(C(=O)O)[N+]2(N3CCNC3=O)C(=O)C3NC(=O)CNC1(c1ccccc1)S[C@@H]32. The molecule has 4 N–H and O–H groups in total. The minimum atomic E-state index is -1.42. The van der Waals surface area contributed by atoms with Crippen molar-refractivity contribution in [1.82, 2.24) is 21.0 Å². The molecule has 12 nitrogen and oxygen atoms in total. The number of hydrogen-bond acceptors (Lipinski definition) is 8. The molecule has 5 rings (SSSR count). The van der Waals surface area contributed by atoms with Crippen molar-refractivity contribution in [1.29, 1.82) is 0 Å². The van der Waals surface area contributed by atoms with Gasteiger partial charge in [0.2, 0.25) is 17.3 Å². The molecule has 0 aromatic heterocycles. The van der Waals surface area contributed by atoms with E-state index in [1.165, 1.54) is 23.7 Å². The van der Waals surface area contributed by atoms with Gasteiger partial charge in [-0.25, -0.2) is 14.4 Å². The molecule has 3 unspecified atom stereocenters. The number of benzene rings is 1. The van der Waals surface area contributed by atoms with Gasteiger partial charge in [-0.05, 0) is 5.56 Å². The van der Waals surface area contributed by atoms with E-state index in [4.69, 9.17) is 4.74 Å². The summed E-state index contributed by atoms with van der Waals surface area (Å²) in [6.45, 7) is 0.851. The maximum atomic E-state index is 13.7. The number of β-lactam (4-membered cyclic amide) rings is 1. The lowest BCUT2D eigenvalue weighted by Gasteiger charge is -2.60. The molecule has 0 spiro atoms. The Hall–Kier alpha value is -3.42. The second-order valence-electron chi connectivity index (χ2n) is 8.25. The fourth-order valence-electron chi connectivity index (χ4n) is 5.09. The van der Waals surface area contributed by atoms with Gasteiger partial charge >= 0.3 is 23.9 Å². The average molecular weight is 489 g/mol. The molecule has 13 heteroatoms. The number of carboxylic acids is 1. The van der Waals surface area contributed by atoms with E-state index in [0.29, 0.717) is 5.56 Å². The fraction of sp³-hybridized carbons (Fsp3) is 0.381. The number of hydrogen-bond donors (Lipinski definition) is 4. The van der Waals surface area contributed by atoms with Crippen molar-refractivity contribution in [2.45, 2.75) is 23.2 Å². The number of amides is 4. The molecule has 0 aliphatic carbocycles. The number of nitrogens with zero attached hydrogens (tertiary/aromatic N) is 2. The number of ether oxygens (including phenoxy) is 1. The van der Waals surface area contributed by atoms with Crippen LogP contribution < -0.4 is 16.0 Å². The first kappa shape index (κ1) is 22.4. The monoisotopic (exact) mass is 488 g/mol. The minimum Gasteiger partial charge on any atom is -0.474 e. The Morgan fingerprint density at radius 2 is 2.00 bits per heavy atom. The first-order chi connectivity index (χ1) is 16.2. The highest BCUT2D eigenvalue weighted by Gasteiger charge is 2.79. The van der Waals surface area contributed by atoms with Crippen LogP contribution in [-0.4, -0.2) is 82.1 Å². The highest BCUT2D eigenvalue weighted by atomic mass is 32.2. The Morgan fingerprint density at radius 1 is 1.26 bits per heavy atom. The third-order valence-corrected chi connectivity index (χ3v) is 8.24. The van der Waals surface area contributed by atoms with Crippen LogP contribution in [0.4, 0.5) is 4.79 Å². The van der Waals surface area contributed by atoms with Crippen molar-refractivity contribution >= 4 is 41.5 Å². The normalized spacial score (nSPS) is 32.3. The number of thioether (sulfide) groups is 1. The number of quaternary nitrogens is 1. The maximum Gasteiger partial charge on any atom is 0.393 e. The zero-order valence-corrected chi connectivity index (χ0v) is 18.9. The number of rotatable bonds is 5. The Bertz CT molecular complexity index is 1160. The molecular formula is C21H22N5O7S+. The standard InChI is InChI=1S/C21H21N5O7S/c1-11(27)33-10-13-16(19(30)31)26(25-8-7-22-20(25)32)17(29)15-18(26)34-21(13,23-9-14(28)24-15)12-5-3-2-4-6-12/h2-6,15,18,23H,7-10H2,1H3,(H2-,22,24,28,30,31,32)/p+1/t15?,18-,21?,26?/m0/s1. The number of fused-ring (bicyclic) bond motifs is 1. The lowest BCUT2D eigenvalue weighted by Crippen LogP contribution is -2.88. The number of urea groups is 1. The summed E-state index contributed by atoms with van der Waals surface area (Å²) in [5.41, 5.74) is 0.344. The van der Waals surface area contributed by atoms with Gasteiger partial charge < -0.3 is 20.5 Å². The summed E-state index contributed by atoms with van der Waals surface area (Å²) >= 11 is 1.23. The van der Waals surface area contributed by atoms with Crippen LogP contribution in [0.2, 0.25) is 0 Å². The molecule has 4 amide bonds. The Morgan fingerprint density at radius 3 is 2.62 bits per heavy atom. The quantitative estimate of drug-likeness (QED) is 0.237. The third-order valence-electron chi connectivity index (χ3n) is 6.44. The van der Waals surface area contributed by atoms with Crippen LogP contribution in [0.5, 0.6) is 0 Å². The van der Waals surface area contributed by atoms with Crippen LogP contribution in [0.15, 0.2) is 41.6 Å². The summed E-state index contributed by atoms with van der Waals surface area (Å²) in [6.07, 6.45) is 0. The molecule has 4 heterocycles. The molecule has 0 radical (unpaired) electrons. The van der Waals surface area contributed by atoms with Crippen molar-refractivity contribution in [3.63, 3.8) is 0 Å². The molecule has 3 fully saturated rings. The second-order valence-corrected chi connectivity index (χ2v) is 9.58. The fourth-order valence-corrected chi connectivity index (χ4v) is 6.97. The zero-order chi connectivity index (χ0) is 24.3. The van der Waals surface area contributed by atoms with Gasteiger partial charge in [-0.15, -0.1) is 0 Å². The van der Waals surface area contributed by atoms with Crippen molar-refractivity contribution in [2.75, 3.05) is 26.2 Å². The number of carboxylic acid groups (broad SMARTS) is 1. The maximum absolute atomic E-state index is 13.7. The topological polar surface area (TPSA) is 154 Å². The number of aliphatic carboxylic acids is 1. The predicted molar refractivity (Wildman–Crippen MR) is 116 cm³/mol. The Labute approximate surface area is 197 Å². The van der Waals surface area contributed by atoms with Gasteiger partial charge in [0.15, 0.2) is 0 Å². The highest BCUT2D eigenvalue weighted by molar-refractivity contribution is 8.01. The first-order valence-corrected chi connectivity index (χ1v) is 11.5. The number of nitrogens with one attached hydrogen (secondary N) is 3. The molecule has 4 aliphatic rings. The Kier molecular flexibility index (Phi) is 5.15. The first-order valence-electron chi connectivity index (χ1n) is 10.6. The van der Waals surface area contributed by atoms with E-state index in [-0.39, 0.29) is 30.9 Å². The van der Waals surface area contributed by atoms with Crippen LogP contribution in [0.3, 0.4) is 0 Å². The predicted octanol–water partition coefficient (Wildman–Crippen LogP) is -0.801. The second kappa shape index (κ2) is 7.82. The van der Waals surface area contributed by atoms with Crippen molar-refractivity contribution in [3.8, 4) is 0 Å². The van der Waals surface area contributed by atoms with E-state index in [1.54, 1.807) is 30.3 Å². The molecule has 1 aromatic carbocycles. The van der Waals surface area contributed by atoms with E-state index in [1.807, 2.05) is 0 Å². The molecule has 34 heavy (non-hydrogen) atoms. The molecule has 4 aliphatic heterocycles. The lowest BCUT2D eigenvalue weighted by atomic mass is 9.90. The minimum absolute atomic E-state index is 0.0869. The molecule has 178 valence electrons. The van der Waals surface area contributed by atoms with E-state index in [2.05, 4.69) is 16.0 Å². The van der Waals surface area contributed by atoms with E-state index in [0.717, 1.165) is 0 Å².